The molecule has 5 heteroatoms. The van der Waals surface area contributed by atoms with E-state index >= 15 is 0 Å². The molecule has 2 aliphatic heterocycles. The predicted molar refractivity (Wildman–Crippen MR) is 133 cm³/mol. The lowest BCUT2D eigenvalue weighted by Crippen LogP contribution is -2.42. The van der Waals surface area contributed by atoms with Crippen LogP contribution in [0.5, 0.6) is 0 Å². The Morgan fingerprint density at radius 3 is 2.18 bits per heavy atom. The van der Waals surface area contributed by atoms with Crippen molar-refractivity contribution < 1.29 is 24.1 Å². The van der Waals surface area contributed by atoms with Gasteiger partial charge in [0.2, 0.25) is 0 Å². The molecule has 2 aliphatic rings. The van der Waals surface area contributed by atoms with Crippen molar-refractivity contribution in [3.8, 4) is 12.3 Å². The van der Waals surface area contributed by atoms with Crippen LogP contribution in [0.3, 0.4) is 0 Å². The summed E-state index contributed by atoms with van der Waals surface area (Å²) in [5, 5.41) is 10.3. The average molecular weight is 467 g/mol. The third-order valence-corrected chi connectivity index (χ3v) is 7.24. The smallest absolute Gasteiger partial charge is 0.146 e. The van der Waals surface area contributed by atoms with Crippen LogP contribution in [-0.2, 0) is 18.9 Å². The molecule has 1 N–H and O–H groups in total. The van der Waals surface area contributed by atoms with Crippen LogP contribution in [0.1, 0.15) is 116 Å². The Hall–Kier alpha value is -0.640. The van der Waals surface area contributed by atoms with Crippen molar-refractivity contribution >= 4 is 0 Å². The molecule has 2 rings (SSSR count). The zero-order valence-electron chi connectivity index (χ0n) is 21.3. The largest absolute Gasteiger partial charge is 0.389 e. The average Bonchev–Trinajstić information content (AvgIpc) is 3.32. The molecule has 0 aliphatic carbocycles. The molecule has 0 radical (unpaired) electrons. The number of aliphatic hydroxyl groups is 1. The van der Waals surface area contributed by atoms with E-state index in [1.807, 2.05) is 0 Å². The first-order valence-corrected chi connectivity index (χ1v) is 13.7. The quantitative estimate of drug-likeness (QED) is 0.149. The minimum atomic E-state index is -0.580. The summed E-state index contributed by atoms with van der Waals surface area (Å²) < 4.78 is 23.9. The molecule has 192 valence electrons. The first kappa shape index (κ1) is 28.6. The van der Waals surface area contributed by atoms with Crippen LogP contribution < -0.4 is 0 Å². The fourth-order valence-corrected chi connectivity index (χ4v) is 5.29. The summed E-state index contributed by atoms with van der Waals surface area (Å²) in [4.78, 5) is 0. The van der Waals surface area contributed by atoms with Gasteiger partial charge >= 0.3 is 0 Å². The van der Waals surface area contributed by atoms with Crippen molar-refractivity contribution in [2.45, 2.75) is 153 Å². The van der Waals surface area contributed by atoms with Crippen LogP contribution in [0.2, 0.25) is 0 Å². The fraction of sp³-hybridized carbons (Fsp3) is 0.929. The number of unbranched alkanes of at least 4 members (excludes halogenated alkanes) is 9. The number of hydrogen-bond donors (Lipinski definition) is 1. The monoisotopic (exact) mass is 466 g/mol. The van der Waals surface area contributed by atoms with Gasteiger partial charge in [-0.05, 0) is 38.5 Å². The summed E-state index contributed by atoms with van der Waals surface area (Å²) in [5.74, 6) is 2.55. The Kier molecular flexibility index (Phi) is 15.4. The lowest BCUT2D eigenvalue weighted by molar-refractivity contribution is -0.171. The van der Waals surface area contributed by atoms with Crippen LogP contribution in [0.4, 0.5) is 0 Å². The van der Waals surface area contributed by atoms with Crippen LogP contribution in [-0.4, -0.2) is 55.6 Å². The van der Waals surface area contributed by atoms with Gasteiger partial charge in [0.15, 0.2) is 0 Å². The van der Waals surface area contributed by atoms with Crippen molar-refractivity contribution in [1.29, 1.82) is 0 Å². The summed E-state index contributed by atoms with van der Waals surface area (Å²) in [5.41, 5.74) is 0. The lowest BCUT2D eigenvalue weighted by Gasteiger charge is -2.35. The number of rotatable bonds is 18. The van der Waals surface area contributed by atoms with E-state index in [1.54, 1.807) is 7.11 Å². The summed E-state index contributed by atoms with van der Waals surface area (Å²) in [6, 6.07) is 0. The molecule has 0 aromatic carbocycles. The predicted octanol–water partition coefficient (Wildman–Crippen LogP) is 6.16. The minimum absolute atomic E-state index is 0.0431. The van der Waals surface area contributed by atoms with E-state index < -0.39 is 6.10 Å². The zero-order chi connectivity index (χ0) is 23.7. The van der Waals surface area contributed by atoms with E-state index in [0.29, 0.717) is 13.2 Å². The summed E-state index contributed by atoms with van der Waals surface area (Å²) in [6.45, 7) is 2.58. The molecule has 0 bridgehead atoms. The Morgan fingerprint density at radius 2 is 1.52 bits per heavy atom. The van der Waals surface area contributed by atoms with Gasteiger partial charge in [-0.25, -0.2) is 0 Å². The van der Waals surface area contributed by atoms with Gasteiger partial charge in [-0.1, -0.05) is 71.1 Å². The van der Waals surface area contributed by atoms with Crippen molar-refractivity contribution in [1.82, 2.24) is 0 Å². The molecule has 2 saturated heterocycles. The van der Waals surface area contributed by atoms with Crippen molar-refractivity contribution in [3.05, 3.63) is 0 Å². The van der Waals surface area contributed by atoms with Gasteiger partial charge in [-0.15, -0.1) is 12.3 Å². The van der Waals surface area contributed by atoms with Gasteiger partial charge in [-0.2, -0.15) is 0 Å². The highest BCUT2D eigenvalue weighted by Crippen LogP contribution is 2.34. The maximum absolute atomic E-state index is 10.3. The van der Waals surface area contributed by atoms with Crippen LogP contribution in [0.25, 0.3) is 0 Å². The molecule has 0 unspecified atom stereocenters. The van der Waals surface area contributed by atoms with Gasteiger partial charge in [0.25, 0.3) is 0 Å². The van der Waals surface area contributed by atoms with Gasteiger partial charge < -0.3 is 24.1 Å². The fourth-order valence-electron chi connectivity index (χ4n) is 5.29. The molecule has 33 heavy (non-hydrogen) atoms. The van der Waals surface area contributed by atoms with Crippen molar-refractivity contribution in [2.24, 2.45) is 0 Å². The number of methoxy groups -OCH3 is 1. The summed E-state index contributed by atoms with van der Waals surface area (Å²) in [6.07, 6.45) is 24.5. The zero-order valence-corrected chi connectivity index (χ0v) is 21.3. The first-order chi connectivity index (χ1) is 16.2. The maximum atomic E-state index is 10.3. The van der Waals surface area contributed by atoms with Crippen molar-refractivity contribution in [3.63, 3.8) is 0 Å². The molecule has 5 nitrogen and oxygen atoms in total. The van der Waals surface area contributed by atoms with Gasteiger partial charge in [0.1, 0.15) is 6.79 Å². The number of ether oxygens (including phenoxy) is 4. The van der Waals surface area contributed by atoms with E-state index in [4.69, 9.17) is 25.4 Å². The normalized spacial score (nSPS) is 27.3. The van der Waals surface area contributed by atoms with Crippen LogP contribution in [0, 0.1) is 12.3 Å². The molecule has 6 atom stereocenters. The standard InChI is InChI=1S/C28H50O5/c1-4-6-7-8-9-10-11-12-13-14-17-25(31-22-30-3)27-20-21-28(33-27)26-19-15-18-24(32-26)23(29)16-5-2/h2,23-29H,4,6-22H2,1,3H3/t23-,24-,25+,26+,27+,28+/m0/s1. The highest BCUT2D eigenvalue weighted by atomic mass is 16.7. The molecule has 0 amide bonds. The first-order valence-electron chi connectivity index (χ1n) is 13.7. The van der Waals surface area contributed by atoms with E-state index in [0.717, 1.165) is 38.5 Å². The number of aliphatic hydroxyl groups excluding tert-OH is 1. The molecule has 0 saturated carbocycles. The second-order valence-electron chi connectivity index (χ2n) is 9.99. The highest BCUT2D eigenvalue weighted by molar-refractivity contribution is 4.92. The van der Waals surface area contributed by atoms with Gasteiger partial charge in [-0.3, -0.25) is 0 Å². The Bertz CT molecular complexity index is 519. The van der Waals surface area contributed by atoms with Crippen LogP contribution in [0.15, 0.2) is 0 Å². The highest BCUT2D eigenvalue weighted by Gasteiger charge is 2.39. The Labute approximate surface area is 203 Å². The molecule has 0 aromatic rings. The number of terminal acetylenes is 1. The summed E-state index contributed by atoms with van der Waals surface area (Å²) in [7, 11) is 1.67. The molecule has 0 spiro atoms. The molecular weight excluding hydrogens is 416 g/mol. The van der Waals surface area contributed by atoms with E-state index in [-0.39, 0.29) is 30.5 Å². The van der Waals surface area contributed by atoms with Gasteiger partial charge in [0, 0.05) is 13.5 Å². The third kappa shape index (κ3) is 11.1. The Morgan fingerprint density at radius 1 is 0.879 bits per heavy atom. The van der Waals surface area contributed by atoms with Gasteiger partial charge in [0.05, 0.1) is 36.6 Å². The Balaban J connectivity index is 1.68. The lowest BCUT2D eigenvalue weighted by atomic mass is 9.95. The topological polar surface area (TPSA) is 57.2 Å². The van der Waals surface area contributed by atoms with Crippen molar-refractivity contribution in [2.75, 3.05) is 13.9 Å². The van der Waals surface area contributed by atoms with E-state index in [1.165, 1.54) is 64.2 Å². The molecule has 2 fully saturated rings. The summed E-state index contributed by atoms with van der Waals surface area (Å²) >= 11 is 0. The second kappa shape index (κ2) is 17.7. The maximum Gasteiger partial charge on any atom is 0.146 e. The third-order valence-electron chi connectivity index (χ3n) is 7.24. The van der Waals surface area contributed by atoms with E-state index in [9.17, 15) is 5.11 Å². The molecular formula is C28H50O5. The second-order valence-corrected chi connectivity index (χ2v) is 9.99. The minimum Gasteiger partial charge on any atom is -0.389 e. The SMILES string of the molecule is C#CC[C@H](O)[C@@H]1CCC[C@H]([C@H]2CC[C@H]([C@@H](CCCCCCCCCCCC)OCOC)O2)O1. The van der Waals surface area contributed by atoms with Crippen LogP contribution >= 0.6 is 0 Å². The molecule has 2 heterocycles. The number of hydrogen-bond acceptors (Lipinski definition) is 5. The van der Waals surface area contributed by atoms with E-state index in [2.05, 4.69) is 12.8 Å². The molecule has 0 aromatic heterocycles.